The molecule has 72 heavy (non-hydrogen) atoms. The molecule has 0 radical (unpaired) electrons. The molecule has 390 valence electrons. The van der Waals surface area contributed by atoms with Crippen molar-refractivity contribution in [3.8, 4) is 23.0 Å². The molecule has 0 saturated carbocycles. The normalized spacial score (nSPS) is 16.2. The Labute approximate surface area is 413 Å². The van der Waals surface area contributed by atoms with Gasteiger partial charge < -0.3 is 20.4 Å². The maximum Gasteiger partial charge on any atom is 0.435 e. The number of halogens is 11. The lowest BCUT2D eigenvalue weighted by Crippen LogP contribution is -2.41. The van der Waals surface area contributed by atoms with Crippen molar-refractivity contribution in [1.82, 2.24) is 35.2 Å². The molecule has 2 aromatic carbocycles. The average Bonchev–Trinajstić information content (AvgIpc) is 3.87. The highest BCUT2D eigenvalue weighted by Crippen LogP contribution is 2.52. The van der Waals surface area contributed by atoms with Crippen LogP contribution in [0.5, 0.6) is 0 Å². The second kappa shape index (κ2) is 20.9. The molecule has 3 heterocycles. The lowest BCUT2D eigenvalue weighted by molar-refractivity contribution is -0.143. The van der Waals surface area contributed by atoms with Gasteiger partial charge in [0.2, 0.25) is 5.91 Å². The third-order valence-electron chi connectivity index (χ3n) is 11.1. The number of hydrogen-bond acceptors (Lipinski definition) is 8. The van der Waals surface area contributed by atoms with Crippen LogP contribution in [-0.4, -0.2) is 90.8 Å². The van der Waals surface area contributed by atoms with Crippen LogP contribution in [0.3, 0.4) is 0 Å². The van der Waals surface area contributed by atoms with E-state index >= 15 is 8.78 Å². The first-order chi connectivity index (χ1) is 33.2. The average molecular weight is 1100 g/mol. The molecule has 3 unspecified atom stereocenters. The second-order valence-electron chi connectivity index (χ2n) is 17.1. The summed E-state index contributed by atoms with van der Waals surface area (Å²) < 4.78 is 183. The standard InChI is InChI=1S/C43H42ClF10N8O7PS2/c1-22-19-41(47,48)37-32(22)36(43(52,53)54)58-60(37)20-31(63)57-30(17-23-15-24(45)18-25(46)16-23)34-27(8-7-26(56-34)11-12-40(2,3)71(4)68)28-9-10-29(44)33-35(28)61(21-42(49,50)51)59-38(33)62(72(5)69)39(64)55-13-6-14-70(65,66)67/h7-10,15-16,18,22,30H,6,13-14,17,19-21H2,1-5H3,(H,55,64)(H,57,63)(H2,65,66,67)/t22-,30?,71?,72?/m0/s1. The SMILES string of the molecule is C[C@H]1CC(F)(F)c2c1c(C(F)(F)F)nn2CC(=O)NC(Cc1cc(F)cc(F)c1)c1nc(C#CC(C)(C)S(C)=O)ccc1-c1ccc(Cl)c2c(N(C(=O)NCCCP(=O)(O)O)S(C)=O)nn(CC(F)(F)F)c12. The summed E-state index contributed by atoms with van der Waals surface area (Å²) in [4.78, 5) is 50.8. The lowest BCUT2D eigenvalue weighted by atomic mass is 9.93. The van der Waals surface area contributed by atoms with Crippen LogP contribution in [0.15, 0.2) is 42.5 Å². The summed E-state index contributed by atoms with van der Waals surface area (Å²) in [5, 5.41) is 11.3. The van der Waals surface area contributed by atoms with E-state index in [9.17, 15) is 67.5 Å². The Kier molecular flexibility index (Phi) is 16.2. The van der Waals surface area contributed by atoms with Crippen LogP contribution >= 0.6 is 19.2 Å². The van der Waals surface area contributed by atoms with E-state index in [0.717, 1.165) is 31.4 Å². The molecule has 1 aliphatic rings. The number of hydrogen-bond donors (Lipinski definition) is 4. The van der Waals surface area contributed by atoms with Crippen molar-refractivity contribution in [3.05, 3.63) is 93.0 Å². The number of urea groups is 1. The van der Waals surface area contributed by atoms with Gasteiger partial charge in [0.15, 0.2) is 11.5 Å². The first-order valence-corrected chi connectivity index (χ1v) is 26.3. The highest BCUT2D eigenvalue weighted by atomic mass is 35.5. The van der Waals surface area contributed by atoms with Crippen LogP contribution in [-0.2, 0) is 62.8 Å². The third-order valence-corrected chi connectivity index (χ3v) is 14.7. The molecule has 5 aromatic rings. The summed E-state index contributed by atoms with van der Waals surface area (Å²) in [5.41, 5.74) is -5.42. The van der Waals surface area contributed by atoms with E-state index in [1.165, 1.54) is 38.3 Å². The number of rotatable bonds is 15. The Morgan fingerprint density at radius 2 is 1.64 bits per heavy atom. The summed E-state index contributed by atoms with van der Waals surface area (Å²) in [7, 11) is -8.54. The van der Waals surface area contributed by atoms with Crippen LogP contribution in [0.2, 0.25) is 5.02 Å². The van der Waals surface area contributed by atoms with Crippen LogP contribution in [0.4, 0.5) is 54.5 Å². The third kappa shape index (κ3) is 12.9. The van der Waals surface area contributed by atoms with Gasteiger partial charge in [0.05, 0.1) is 33.8 Å². The quantitative estimate of drug-likeness (QED) is 0.0342. The summed E-state index contributed by atoms with van der Waals surface area (Å²) in [6, 6.07) is 4.01. The zero-order valence-corrected chi connectivity index (χ0v) is 41.5. The van der Waals surface area contributed by atoms with Crippen LogP contribution < -0.4 is 14.9 Å². The van der Waals surface area contributed by atoms with E-state index in [1.54, 1.807) is 0 Å². The molecule has 3 amide bonds. The molecule has 6 rings (SSSR count). The number of nitrogens with zero attached hydrogens (tertiary/aromatic N) is 6. The monoisotopic (exact) mass is 1100 g/mol. The fourth-order valence-corrected chi connectivity index (χ4v) is 9.58. The molecule has 0 bridgehead atoms. The van der Waals surface area contributed by atoms with Crippen LogP contribution in [0.25, 0.3) is 22.0 Å². The molecule has 0 aliphatic heterocycles. The van der Waals surface area contributed by atoms with Crippen molar-refractivity contribution in [3.63, 3.8) is 0 Å². The molecule has 0 fully saturated rings. The number of amides is 3. The van der Waals surface area contributed by atoms with Crippen molar-refractivity contribution in [1.29, 1.82) is 0 Å². The predicted octanol–water partition coefficient (Wildman–Crippen LogP) is 8.39. The molecule has 15 nitrogen and oxygen atoms in total. The smallest absolute Gasteiger partial charge is 0.346 e. The Morgan fingerprint density at radius 1 is 1.00 bits per heavy atom. The number of carbonyl (C=O) groups is 2. The van der Waals surface area contributed by atoms with Crippen molar-refractivity contribution < 1.29 is 76.3 Å². The van der Waals surface area contributed by atoms with Crippen LogP contribution in [0.1, 0.15) is 79.5 Å². The first-order valence-electron chi connectivity index (χ1n) is 21.1. The maximum atomic E-state index is 15.4. The molecule has 0 saturated heterocycles. The molecule has 0 spiro atoms. The first kappa shape index (κ1) is 55.9. The van der Waals surface area contributed by atoms with E-state index in [0.29, 0.717) is 15.1 Å². The van der Waals surface area contributed by atoms with Gasteiger partial charge in [-0.05, 0) is 74.4 Å². The van der Waals surface area contributed by atoms with E-state index in [2.05, 4.69) is 37.7 Å². The van der Waals surface area contributed by atoms with E-state index in [4.69, 9.17) is 11.6 Å². The Bertz CT molecular complexity index is 3100. The molecule has 29 heteroatoms. The van der Waals surface area contributed by atoms with Gasteiger partial charge in [0, 0.05) is 59.0 Å². The summed E-state index contributed by atoms with van der Waals surface area (Å²) in [5.74, 6) is -3.97. The minimum atomic E-state index is -5.23. The highest BCUT2D eigenvalue weighted by molar-refractivity contribution is 7.86. The van der Waals surface area contributed by atoms with E-state index in [-0.39, 0.29) is 44.2 Å². The fourth-order valence-electron chi connectivity index (χ4n) is 7.91. The van der Waals surface area contributed by atoms with Crippen molar-refractivity contribution in [2.24, 2.45) is 0 Å². The van der Waals surface area contributed by atoms with Crippen molar-refractivity contribution in [2.75, 3.05) is 29.5 Å². The minimum absolute atomic E-state index is 0.164. The molecule has 4 atom stereocenters. The summed E-state index contributed by atoms with van der Waals surface area (Å²) in [6.45, 7) is 0.559. The van der Waals surface area contributed by atoms with Crippen molar-refractivity contribution >= 4 is 69.6 Å². The topological polar surface area (TPSA) is 202 Å². The Balaban J connectivity index is 1.61. The molecular formula is C43H42ClF10N8O7PS2. The van der Waals surface area contributed by atoms with E-state index in [1.807, 2.05) is 0 Å². The number of nitrogens with one attached hydrogen (secondary N) is 2. The molecule has 1 aliphatic carbocycles. The number of fused-ring (bicyclic) bond motifs is 2. The van der Waals surface area contributed by atoms with Gasteiger partial charge in [0.25, 0.3) is 5.92 Å². The number of alkyl halides is 8. The fraction of sp³-hybridized carbons (Fsp3) is 0.419. The highest BCUT2D eigenvalue weighted by Gasteiger charge is 2.53. The molecule has 3 aromatic heterocycles. The van der Waals surface area contributed by atoms with E-state index < -0.39 is 160 Å². The largest absolute Gasteiger partial charge is 0.435 e. The number of carbonyl (C=O) groups excluding carboxylic acids is 2. The zero-order valence-electron chi connectivity index (χ0n) is 38.2. The van der Waals surface area contributed by atoms with Gasteiger partial charge in [-0.3, -0.25) is 22.9 Å². The Morgan fingerprint density at radius 3 is 2.22 bits per heavy atom. The maximum absolute atomic E-state index is 15.4. The van der Waals surface area contributed by atoms with Gasteiger partial charge in [-0.15, -0.1) is 0 Å². The lowest BCUT2D eigenvalue weighted by Gasteiger charge is -2.23. The van der Waals surface area contributed by atoms with Gasteiger partial charge in [-0.1, -0.05) is 30.5 Å². The number of benzene rings is 2. The van der Waals surface area contributed by atoms with Crippen molar-refractivity contribution in [2.45, 2.75) is 88.1 Å². The Hall–Kier alpha value is -5.39. The zero-order chi connectivity index (χ0) is 53.6. The minimum Gasteiger partial charge on any atom is -0.346 e. The number of anilines is 1. The summed E-state index contributed by atoms with van der Waals surface area (Å²) >= 11 is 6.66. The van der Waals surface area contributed by atoms with Crippen LogP contribution in [0, 0.1) is 23.5 Å². The van der Waals surface area contributed by atoms with Gasteiger partial charge in [-0.2, -0.15) is 49.6 Å². The number of aromatic nitrogens is 5. The summed E-state index contributed by atoms with van der Waals surface area (Å²) in [6.07, 6.45) is -10.6. The molecule has 4 N–H and O–H groups in total. The van der Waals surface area contributed by atoms with Gasteiger partial charge in [-0.25, -0.2) is 22.8 Å². The predicted molar refractivity (Wildman–Crippen MR) is 246 cm³/mol. The number of pyridine rings is 1. The second-order valence-corrected chi connectivity index (χ2v) is 22.5. The van der Waals surface area contributed by atoms with Gasteiger partial charge in [0.1, 0.15) is 51.8 Å². The van der Waals surface area contributed by atoms with Gasteiger partial charge >= 0.3 is 26.0 Å². The molecular weight excluding hydrogens is 1060 g/mol.